The number of rotatable bonds is 14. The van der Waals surface area contributed by atoms with Crippen molar-refractivity contribution in [3.63, 3.8) is 0 Å². The first-order valence-corrected chi connectivity index (χ1v) is 30.7. The summed E-state index contributed by atoms with van der Waals surface area (Å²) in [6.45, 7) is 6.25. The molecule has 3 fully saturated rings. The lowest BCUT2D eigenvalue weighted by Crippen LogP contribution is -2.43. The summed E-state index contributed by atoms with van der Waals surface area (Å²) in [7, 11) is -0.950. The van der Waals surface area contributed by atoms with Crippen LogP contribution >= 0.6 is 29.4 Å². The Hall–Kier alpha value is -8.75. The minimum absolute atomic E-state index is 0. The van der Waals surface area contributed by atoms with Crippen LogP contribution in [0.25, 0.3) is 55.0 Å². The topological polar surface area (TPSA) is 293 Å². The highest BCUT2D eigenvalue weighted by Gasteiger charge is 2.53. The van der Waals surface area contributed by atoms with Gasteiger partial charge in [0.1, 0.15) is 59.1 Å². The van der Waals surface area contributed by atoms with E-state index in [1.165, 1.54) is 31.3 Å². The van der Waals surface area contributed by atoms with Crippen LogP contribution in [0.3, 0.4) is 0 Å². The van der Waals surface area contributed by atoms with Gasteiger partial charge >= 0.3 is 7.12 Å². The molecule has 7 heterocycles. The minimum Gasteiger partial charge on any atom is -0.399 e. The van der Waals surface area contributed by atoms with E-state index in [4.69, 9.17) is 25.4 Å². The van der Waals surface area contributed by atoms with Gasteiger partial charge in [0, 0.05) is 74.3 Å². The van der Waals surface area contributed by atoms with Gasteiger partial charge in [0.15, 0.2) is 23.0 Å². The Kier molecular flexibility index (Phi) is 22.5. The van der Waals surface area contributed by atoms with Crippen molar-refractivity contribution in [3.05, 3.63) is 160 Å². The van der Waals surface area contributed by atoms with Crippen molar-refractivity contribution in [3.8, 4) is 11.1 Å². The maximum absolute atomic E-state index is 15.6. The van der Waals surface area contributed by atoms with Crippen LogP contribution in [0.1, 0.15) is 80.1 Å². The number of amides is 4. The largest absolute Gasteiger partial charge is 0.497 e. The minimum atomic E-state index is -1.41. The summed E-state index contributed by atoms with van der Waals surface area (Å²) < 4.78 is 85.0. The monoisotopic (exact) mass is 1410 g/mol. The zero-order valence-corrected chi connectivity index (χ0v) is 54.2. The fourth-order valence-electron chi connectivity index (χ4n) is 11.2. The standard InChI is InChI=1S/C28H31BF2N4O5.C28H22F2N6O4.C6H3BrN2O.CH4.S2.H2S/c1-27(2)28(3,4)40-29(39-27)19-10-7-8-16(24(19)31)12-22(36)21-13-17(30)14-34(21)23(37)15-35-20-11-6-5-9-18(20)25(33-35)26(32)38;29-17-12-23(35(13-17)25(38)14-36-22-7-2-1-5-19(22)27(32-36)28(31)39)24(37)11-16-4-3-6-18(26(16)30)15-8-9-20-21(10-15)34-40-33-20;7-4-1-2-5-6(3-4)9-10-8-5;;1-2;/h5-11,17,21H,12-15H2,1-4H3,(H2,32,38);1-10,17,23H,11-14H2,(H2,31,39);1-3H;1H4;;1H2/t17-,21+;17-,23+;;;;/m11..../s1. The Morgan fingerprint density at radius 1 is 0.596 bits per heavy atom. The van der Waals surface area contributed by atoms with E-state index in [0.29, 0.717) is 38.4 Å². The van der Waals surface area contributed by atoms with Crippen molar-refractivity contribution < 1.29 is 64.9 Å². The first-order valence-electron chi connectivity index (χ1n) is 28.6. The Labute approximate surface area is 560 Å². The van der Waals surface area contributed by atoms with Crippen LogP contribution < -0.4 is 16.9 Å². The second-order valence-corrected chi connectivity index (χ2v) is 23.8. The van der Waals surface area contributed by atoms with E-state index in [1.807, 2.05) is 45.9 Å². The molecule has 4 aromatic heterocycles. The van der Waals surface area contributed by atoms with Crippen molar-refractivity contribution in [2.24, 2.45) is 11.5 Å². The van der Waals surface area contributed by atoms with Crippen LogP contribution in [0.2, 0.25) is 0 Å². The lowest BCUT2D eigenvalue weighted by atomic mass is 9.77. The Morgan fingerprint density at radius 2 is 1.03 bits per heavy atom. The number of para-hydroxylation sites is 2. The van der Waals surface area contributed by atoms with Crippen molar-refractivity contribution in [2.75, 3.05) is 13.1 Å². The van der Waals surface area contributed by atoms with Gasteiger partial charge in [-0.15, -0.1) is 0 Å². The molecule has 10 aromatic rings. The highest BCUT2D eigenvalue weighted by molar-refractivity contribution is 9.10. The number of aromatic nitrogens is 8. The fraction of sp³-hybridized carbons (Fsp3) is 0.302. The smallest absolute Gasteiger partial charge is 0.399 e. The molecule has 13 rings (SSSR count). The van der Waals surface area contributed by atoms with Gasteiger partial charge in [-0.05, 0) is 107 Å². The number of carbonyl (C=O) groups excluding carboxylic acids is 6. The van der Waals surface area contributed by atoms with E-state index in [2.05, 4.69) is 73.8 Å². The van der Waals surface area contributed by atoms with E-state index in [1.54, 1.807) is 91.0 Å². The SMILES string of the molecule is Brc1ccc2nonc2c1.C.CC1(C)OB(c2cccc(CC(=O)[C@@H]3C[C@@H](F)CN3C(=O)Cn3nc(C(N)=O)c4ccccc43)c2F)OC1(C)C.NC(=O)c1nn(CC(=O)N2C[C@H](F)C[C@H]2C(=O)Cc2cccc(-c3ccc4nonc4c3)c2F)c2ccccc12.S.S=S. The molecule has 0 unspecified atom stereocenters. The van der Waals surface area contributed by atoms with Gasteiger partial charge in [-0.3, -0.25) is 38.1 Å². The van der Waals surface area contributed by atoms with Crippen LogP contribution in [0.5, 0.6) is 0 Å². The average Bonchev–Trinajstić information content (AvgIpc) is 1.60. The number of likely N-dealkylation sites (tertiary alicyclic amines) is 2. The Bertz CT molecular complexity index is 4480. The first-order chi connectivity index (χ1) is 43.9. The molecule has 94 heavy (non-hydrogen) atoms. The molecule has 0 saturated carbocycles. The van der Waals surface area contributed by atoms with E-state index in [-0.39, 0.29) is 106 Å². The predicted octanol–water partition coefficient (Wildman–Crippen LogP) is 8.28. The van der Waals surface area contributed by atoms with Crippen LogP contribution in [0.15, 0.2) is 135 Å². The summed E-state index contributed by atoms with van der Waals surface area (Å²) in [5.41, 5.74) is 14.3. The van der Waals surface area contributed by atoms with Crippen LogP contribution in [-0.2, 0) is 76.8 Å². The molecule has 31 heteroatoms. The number of ketones is 2. The van der Waals surface area contributed by atoms with Gasteiger partial charge in [-0.1, -0.05) is 102 Å². The van der Waals surface area contributed by atoms with E-state index in [0.717, 1.165) is 15.5 Å². The quantitative estimate of drug-likeness (QED) is 0.0764. The maximum atomic E-state index is 15.6. The number of carbonyl (C=O) groups is 6. The molecular weight excluding hydrogens is 1350 g/mol. The van der Waals surface area contributed by atoms with Gasteiger partial charge in [-0.2, -0.15) is 23.7 Å². The lowest BCUT2D eigenvalue weighted by Gasteiger charge is -2.32. The second-order valence-electron chi connectivity index (χ2n) is 22.9. The number of nitrogens with zero attached hydrogens (tertiary/aromatic N) is 10. The normalized spacial score (nSPS) is 17.7. The number of primary amides is 2. The third-order valence-corrected chi connectivity index (χ3v) is 16.9. The summed E-state index contributed by atoms with van der Waals surface area (Å²) in [5.74, 6) is -4.79. The third-order valence-electron chi connectivity index (χ3n) is 16.4. The van der Waals surface area contributed by atoms with E-state index in [9.17, 15) is 37.5 Å². The van der Waals surface area contributed by atoms with Crippen LogP contribution in [-0.4, -0.2) is 141 Å². The van der Waals surface area contributed by atoms with Gasteiger partial charge < -0.3 is 30.6 Å². The summed E-state index contributed by atoms with van der Waals surface area (Å²) >= 11 is 10.6. The number of fused-ring (bicyclic) bond motifs is 4. The molecule has 490 valence electrons. The average molecular weight is 1410 g/mol. The number of hydrogen-bond donors (Lipinski definition) is 2. The molecular formula is C63H62BBrF4N12O10S3. The molecule has 3 aliphatic heterocycles. The Balaban J connectivity index is 0.000000201. The van der Waals surface area contributed by atoms with Crippen molar-refractivity contribution in [1.82, 2.24) is 50.0 Å². The third kappa shape index (κ3) is 14.9. The Morgan fingerprint density at radius 3 is 1.52 bits per heavy atom. The summed E-state index contributed by atoms with van der Waals surface area (Å²) in [6, 6.07) is 31.3. The van der Waals surface area contributed by atoms with Crippen LogP contribution in [0, 0.1) is 11.6 Å². The number of nitrogens with two attached hydrogens (primary N) is 2. The number of alkyl halides is 2. The van der Waals surface area contributed by atoms with Gasteiger partial charge in [0.2, 0.25) is 11.8 Å². The lowest BCUT2D eigenvalue weighted by molar-refractivity contribution is -0.138. The molecule has 6 aromatic carbocycles. The van der Waals surface area contributed by atoms with Crippen molar-refractivity contribution in [2.45, 2.75) is 110 Å². The summed E-state index contributed by atoms with van der Waals surface area (Å²) in [6.07, 6.45) is -3.85. The highest BCUT2D eigenvalue weighted by Crippen LogP contribution is 2.37. The van der Waals surface area contributed by atoms with E-state index >= 15 is 8.78 Å². The molecule has 0 radical (unpaired) electrons. The summed E-state index contributed by atoms with van der Waals surface area (Å²) in [4.78, 5) is 79.3. The maximum Gasteiger partial charge on any atom is 0.497 e. The molecule has 0 bridgehead atoms. The van der Waals surface area contributed by atoms with Gasteiger partial charge in [0.05, 0.1) is 47.4 Å². The fourth-order valence-corrected chi connectivity index (χ4v) is 11.5. The van der Waals surface area contributed by atoms with Gasteiger partial charge in [0.25, 0.3) is 11.8 Å². The molecule has 4 atom stereocenters. The van der Waals surface area contributed by atoms with Gasteiger partial charge in [-0.25, -0.2) is 26.8 Å². The second kappa shape index (κ2) is 29.7. The zero-order chi connectivity index (χ0) is 65.9. The molecule has 22 nitrogen and oxygen atoms in total. The zero-order valence-electron chi connectivity index (χ0n) is 50.0. The molecule has 4 N–H and O–H groups in total. The summed E-state index contributed by atoms with van der Waals surface area (Å²) in [5, 5.41) is 24.2. The number of benzene rings is 6. The van der Waals surface area contributed by atoms with E-state index < -0.39 is 89.6 Å². The first kappa shape index (κ1) is 71.1. The van der Waals surface area contributed by atoms with Crippen molar-refractivity contribution >= 4 is 143 Å². The number of hydrogen-bond acceptors (Lipinski definition) is 18. The highest BCUT2D eigenvalue weighted by atomic mass is 79.9. The van der Waals surface area contributed by atoms with Crippen molar-refractivity contribution in [1.29, 1.82) is 0 Å². The molecule has 0 aliphatic carbocycles. The molecule has 4 amide bonds. The molecule has 3 aliphatic rings. The number of Topliss-reactive ketones (excluding diaryl/α,β-unsaturated/α-hetero) is 2. The number of halogens is 5. The molecule has 0 spiro atoms. The van der Waals surface area contributed by atoms with Crippen LogP contribution in [0.4, 0.5) is 17.6 Å². The predicted molar refractivity (Wildman–Crippen MR) is 355 cm³/mol. The molecule has 3 saturated heterocycles.